The summed E-state index contributed by atoms with van der Waals surface area (Å²) in [5.41, 5.74) is 2.45. The summed E-state index contributed by atoms with van der Waals surface area (Å²) in [6.45, 7) is 2.70. The molecule has 1 aromatic carbocycles. The molecule has 1 fully saturated rings. The van der Waals surface area contributed by atoms with Crippen molar-refractivity contribution in [3.05, 3.63) is 35.4 Å². The van der Waals surface area contributed by atoms with Crippen molar-refractivity contribution in [3.8, 4) is 0 Å². The number of benzene rings is 1. The Bertz CT molecular complexity index is 385. The summed E-state index contributed by atoms with van der Waals surface area (Å²) in [6.07, 6.45) is 0.717. The number of aryl methyl sites for hydroxylation is 1. The maximum Gasteiger partial charge on any atom is 0.307 e. The minimum atomic E-state index is -0.679. The Kier molecular flexibility index (Phi) is 2.97. The molecule has 86 valence electrons. The van der Waals surface area contributed by atoms with Crippen molar-refractivity contribution in [2.24, 2.45) is 5.92 Å². The lowest BCUT2D eigenvalue weighted by Gasteiger charge is -2.19. The van der Waals surface area contributed by atoms with Gasteiger partial charge in [0.1, 0.15) is 0 Å². The van der Waals surface area contributed by atoms with Gasteiger partial charge in [-0.3, -0.25) is 9.69 Å². The standard InChI is InChI=1S/C13H17NO2/c1-9-3-5-10(6-4-9)12-7-11(13(15)16)8-14(12)2/h3-6,11-12H,7-8H2,1-2H3,(H,15,16)/t11-,12-/m0/s1. The molecular weight excluding hydrogens is 202 g/mol. The summed E-state index contributed by atoms with van der Waals surface area (Å²) in [5, 5.41) is 9.01. The molecule has 2 rings (SSSR count). The van der Waals surface area contributed by atoms with Gasteiger partial charge in [-0.25, -0.2) is 0 Å². The first kappa shape index (κ1) is 11.1. The molecule has 3 heteroatoms. The maximum absolute atomic E-state index is 11.0. The Labute approximate surface area is 95.7 Å². The lowest BCUT2D eigenvalue weighted by molar-refractivity contribution is -0.141. The van der Waals surface area contributed by atoms with Crippen molar-refractivity contribution in [1.82, 2.24) is 4.90 Å². The highest BCUT2D eigenvalue weighted by atomic mass is 16.4. The van der Waals surface area contributed by atoms with Crippen molar-refractivity contribution < 1.29 is 9.90 Å². The Balaban J connectivity index is 2.16. The zero-order valence-corrected chi connectivity index (χ0v) is 9.68. The number of carbonyl (C=O) groups is 1. The van der Waals surface area contributed by atoms with Crippen LogP contribution in [0.5, 0.6) is 0 Å². The van der Waals surface area contributed by atoms with Gasteiger partial charge in [0, 0.05) is 12.6 Å². The smallest absolute Gasteiger partial charge is 0.307 e. The van der Waals surface area contributed by atoms with Crippen molar-refractivity contribution in [2.75, 3.05) is 13.6 Å². The molecule has 16 heavy (non-hydrogen) atoms. The molecular formula is C13H17NO2. The molecule has 0 aliphatic carbocycles. The number of carboxylic acid groups (broad SMARTS) is 1. The van der Waals surface area contributed by atoms with Gasteiger partial charge >= 0.3 is 5.97 Å². The third kappa shape index (κ3) is 2.09. The van der Waals surface area contributed by atoms with Gasteiger partial charge in [-0.2, -0.15) is 0 Å². The van der Waals surface area contributed by atoms with E-state index in [9.17, 15) is 4.79 Å². The van der Waals surface area contributed by atoms with Crippen LogP contribution in [0.25, 0.3) is 0 Å². The van der Waals surface area contributed by atoms with Crippen molar-refractivity contribution in [3.63, 3.8) is 0 Å². The highest BCUT2D eigenvalue weighted by Crippen LogP contribution is 2.34. The fourth-order valence-electron chi connectivity index (χ4n) is 2.36. The van der Waals surface area contributed by atoms with Crippen LogP contribution in [0.4, 0.5) is 0 Å². The second-order valence-corrected chi connectivity index (χ2v) is 4.64. The lowest BCUT2D eigenvalue weighted by Crippen LogP contribution is -2.20. The van der Waals surface area contributed by atoms with Gasteiger partial charge in [-0.05, 0) is 26.0 Å². The zero-order chi connectivity index (χ0) is 11.7. The topological polar surface area (TPSA) is 40.5 Å². The van der Waals surface area contributed by atoms with Crippen LogP contribution in [0.2, 0.25) is 0 Å². The molecule has 0 amide bonds. The third-order valence-electron chi connectivity index (χ3n) is 3.36. The molecule has 0 saturated carbocycles. The number of likely N-dealkylation sites (tertiary alicyclic amines) is 1. The quantitative estimate of drug-likeness (QED) is 0.827. The summed E-state index contributed by atoms with van der Waals surface area (Å²) < 4.78 is 0. The molecule has 1 saturated heterocycles. The summed E-state index contributed by atoms with van der Waals surface area (Å²) >= 11 is 0. The molecule has 0 bridgehead atoms. The fraction of sp³-hybridized carbons (Fsp3) is 0.462. The lowest BCUT2D eigenvalue weighted by atomic mass is 9.99. The van der Waals surface area contributed by atoms with Crippen LogP contribution in [-0.4, -0.2) is 29.6 Å². The van der Waals surface area contributed by atoms with E-state index in [1.54, 1.807) is 0 Å². The number of hydrogen-bond donors (Lipinski definition) is 1. The van der Waals surface area contributed by atoms with E-state index in [0.717, 1.165) is 6.42 Å². The molecule has 0 spiro atoms. The molecule has 0 aromatic heterocycles. The van der Waals surface area contributed by atoms with Crippen molar-refractivity contribution >= 4 is 5.97 Å². The molecule has 1 aromatic rings. The molecule has 1 heterocycles. The van der Waals surface area contributed by atoms with Crippen molar-refractivity contribution in [1.29, 1.82) is 0 Å². The zero-order valence-electron chi connectivity index (χ0n) is 9.68. The van der Waals surface area contributed by atoms with Gasteiger partial charge in [0.05, 0.1) is 5.92 Å². The number of hydrogen-bond acceptors (Lipinski definition) is 2. The van der Waals surface area contributed by atoms with Crippen LogP contribution in [-0.2, 0) is 4.79 Å². The number of nitrogens with zero attached hydrogens (tertiary/aromatic N) is 1. The van der Waals surface area contributed by atoms with Crippen LogP contribution in [0, 0.1) is 12.8 Å². The van der Waals surface area contributed by atoms with E-state index in [1.165, 1.54) is 11.1 Å². The van der Waals surface area contributed by atoms with E-state index >= 15 is 0 Å². The minimum Gasteiger partial charge on any atom is -0.481 e. The third-order valence-corrected chi connectivity index (χ3v) is 3.36. The Morgan fingerprint density at radius 3 is 2.50 bits per heavy atom. The van der Waals surface area contributed by atoms with Gasteiger partial charge in [-0.15, -0.1) is 0 Å². The predicted molar refractivity (Wildman–Crippen MR) is 62.3 cm³/mol. The average molecular weight is 219 g/mol. The van der Waals surface area contributed by atoms with Gasteiger partial charge in [0.25, 0.3) is 0 Å². The highest BCUT2D eigenvalue weighted by Gasteiger charge is 2.34. The van der Waals surface area contributed by atoms with Crippen LogP contribution >= 0.6 is 0 Å². The van der Waals surface area contributed by atoms with Crippen LogP contribution < -0.4 is 0 Å². The van der Waals surface area contributed by atoms with Crippen LogP contribution in [0.15, 0.2) is 24.3 Å². The Morgan fingerprint density at radius 1 is 1.38 bits per heavy atom. The first-order chi connectivity index (χ1) is 7.58. The van der Waals surface area contributed by atoms with Gasteiger partial charge < -0.3 is 5.11 Å². The number of carboxylic acids is 1. The SMILES string of the molecule is Cc1ccc([C@@H]2C[C@H](C(=O)O)CN2C)cc1. The predicted octanol–water partition coefficient (Wildman–Crippen LogP) is 2.07. The monoisotopic (exact) mass is 219 g/mol. The first-order valence-electron chi connectivity index (χ1n) is 5.57. The van der Waals surface area contributed by atoms with E-state index in [-0.39, 0.29) is 12.0 Å². The summed E-state index contributed by atoms with van der Waals surface area (Å²) in [4.78, 5) is 13.1. The van der Waals surface area contributed by atoms with E-state index < -0.39 is 5.97 Å². The minimum absolute atomic E-state index is 0.226. The second kappa shape index (κ2) is 4.26. The summed E-state index contributed by atoms with van der Waals surface area (Å²) in [6, 6.07) is 8.61. The normalized spacial score (nSPS) is 25.9. The summed E-state index contributed by atoms with van der Waals surface area (Å²) in [7, 11) is 1.99. The first-order valence-corrected chi connectivity index (χ1v) is 5.57. The fourth-order valence-corrected chi connectivity index (χ4v) is 2.36. The highest BCUT2D eigenvalue weighted by molar-refractivity contribution is 5.70. The second-order valence-electron chi connectivity index (χ2n) is 4.64. The van der Waals surface area contributed by atoms with Gasteiger partial charge in [-0.1, -0.05) is 29.8 Å². The number of rotatable bonds is 2. The molecule has 1 aliphatic heterocycles. The largest absolute Gasteiger partial charge is 0.481 e. The summed E-state index contributed by atoms with van der Waals surface area (Å²) in [5.74, 6) is -0.905. The van der Waals surface area contributed by atoms with Gasteiger partial charge in [0.2, 0.25) is 0 Å². The molecule has 3 nitrogen and oxygen atoms in total. The molecule has 1 aliphatic rings. The maximum atomic E-state index is 11.0. The van der Waals surface area contributed by atoms with E-state index in [2.05, 4.69) is 36.1 Å². The van der Waals surface area contributed by atoms with E-state index in [1.807, 2.05) is 7.05 Å². The average Bonchev–Trinajstić information content (AvgIpc) is 2.62. The van der Waals surface area contributed by atoms with Gasteiger partial charge in [0.15, 0.2) is 0 Å². The molecule has 2 atom stereocenters. The molecule has 1 N–H and O–H groups in total. The van der Waals surface area contributed by atoms with E-state index in [4.69, 9.17) is 5.11 Å². The number of aliphatic carboxylic acids is 1. The van der Waals surface area contributed by atoms with E-state index in [0.29, 0.717) is 6.54 Å². The Morgan fingerprint density at radius 2 is 2.00 bits per heavy atom. The van der Waals surface area contributed by atoms with Crippen molar-refractivity contribution in [2.45, 2.75) is 19.4 Å². The molecule has 0 radical (unpaired) electrons. The Hall–Kier alpha value is -1.35. The van der Waals surface area contributed by atoms with Crippen LogP contribution in [0.3, 0.4) is 0 Å². The molecule has 0 unspecified atom stereocenters. The van der Waals surface area contributed by atoms with Crippen LogP contribution in [0.1, 0.15) is 23.6 Å².